The van der Waals surface area contributed by atoms with Crippen LogP contribution in [0.15, 0.2) is 29.3 Å². The molecule has 2 fully saturated rings. The van der Waals surface area contributed by atoms with E-state index in [1.165, 1.54) is 6.42 Å². The maximum Gasteiger partial charge on any atom is 0.272 e. The smallest absolute Gasteiger partial charge is 0.272 e. The molecule has 0 radical (unpaired) electrons. The highest BCUT2D eigenvalue weighted by molar-refractivity contribution is 14.0. The molecule has 1 unspecified atom stereocenters. The Morgan fingerprint density at radius 2 is 2.06 bits per heavy atom. The van der Waals surface area contributed by atoms with E-state index >= 15 is 0 Å². The lowest BCUT2D eigenvalue weighted by Gasteiger charge is -2.35. The molecule has 6 nitrogen and oxygen atoms in total. The highest BCUT2D eigenvalue weighted by atomic mass is 127. The fraction of sp³-hybridized carbons (Fsp3) is 0.682. The molecule has 1 aromatic carbocycles. The Morgan fingerprint density at radius 3 is 2.74 bits per heavy atom. The van der Waals surface area contributed by atoms with E-state index in [4.69, 9.17) is 14.2 Å². The van der Waals surface area contributed by atoms with Crippen LogP contribution in [0.3, 0.4) is 0 Å². The number of hydrogen-bond acceptors (Lipinski definition) is 4. The predicted molar refractivity (Wildman–Crippen MR) is 128 cm³/mol. The van der Waals surface area contributed by atoms with E-state index in [1.807, 2.05) is 6.07 Å². The fourth-order valence-electron chi connectivity index (χ4n) is 3.83. The summed E-state index contributed by atoms with van der Waals surface area (Å²) in [5.41, 5.74) is 0.952. The Kier molecular flexibility index (Phi) is 11.8. The van der Waals surface area contributed by atoms with Gasteiger partial charge in [-0.1, -0.05) is 12.1 Å². The first-order chi connectivity index (χ1) is 14.6. The minimum absolute atomic E-state index is 0. The first-order valence-corrected chi connectivity index (χ1v) is 10.8. The summed E-state index contributed by atoms with van der Waals surface area (Å²) in [6.45, 7) is 3.27. The van der Waals surface area contributed by atoms with Crippen LogP contribution >= 0.6 is 24.0 Å². The van der Waals surface area contributed by atoms with Crippen molar-refractivity contribution in [2.75, 3.05) is 40.0 Å². The molecule has 0 aliphatic carbocycles. The van der Waals surface area contributed by atoms with Crippen molar-refractivity contribution in [3.8, 4) is 5.75 Å². The van der Waals surface area contributed by atoms with Crippen molar-refractivity contribution in [1.82, 2.24) is 10.2 Å². The first-order valence-electron chi connectivity index (χ1n) is 10.8. The van der Waals surface area contributed by atoms with Crippen LogP contribution in [0.5, 0.6) is 5.75 Å². The summed E-state index contributed by atoms with van der Waals surface area (Å²) in [7, 11) is 1.77. The zero-order valence-electron chi connectivity index (χ0n) is 18.1. The van der Waals surface area contributed by atoms with Crippen molar-refractivity contribution >= 4 is 29.9 Å². The lowest BCUT2D eigenvalue weighted by Crippen LogP contribution is -2.47. The van der Waals surface area contributed by atoms with Crippen molar-refractivity contribution in [2.45, 2.75) is 57.3 Å². The molecule has 0 aromatic heterocycles. The summed E-state index contributed by atoms with van der Waals surface area (Å²) in [6.07, 6.45) is 3.47. The van der Waals surface area contributed by atoms with Crippen LogP contribution in [0.25, 0.3) is 0 Å². The van der Waals surface area contributed by atoms with Gasteiger partial charge in [0.1, 0.15) is 12.4 Å². The summed E-state index contributed by atoms with van der Waals surface area (Å²) >= 11 is 0. The third-order valence-electron chi connectivity index (χ3n) is 5.47. The second kappa shape index (κ2) is 14.1. The van der Waals surface area contributed by atoms with Gasteiger partial charge in [-0.2, -0.15) is 0 Å². The van der Waals surface area contributed by atoms with E-state index in [-0.39, 0.29) is 36.2 Å². The molecule has 31 heavy (non-hydrogen) atoms. The number of nitrogens with zero attached hydrogens (tertiary/aromatic N) is 2. The Labute approximate surface area is 200 Å². The molecular weight excluding hydrogens is 519 g/mol. The minimum atomic E-state index is -2.48. The van der Waals surface area contributed by atoms with E-state index in [9.17, 15) is 8.78 Å². The largest absolute Gasteiger partial charge is 0.488 e. The van der Waals surface area contributed by atoms with E-state index in [0.29, 0.717) is 18.9 Å². The van der Waals surface area contributed by atoms with Gasteiger partial charge in [0, 0.05) is 33.3 Å². The SMILES string of the molecule is CN=C(NCc1cccc(OCC(F)F)c1)N1CCC(OCC2CCCCO2)CC1.I. The van der Waals surface area contributed by atoms with Crippen molar-refractivity contribution in [3.05, 3.63) is 29.8 Å². The highest BCUT2D eigenvalue weighted by Gasteiger charge is 2.23. The average Bonchev–Trinajstić information content (AvgIpc) is 2.78. The Hall–Kier alpha value is -1.20. The molecule has 0 spiro atoms. The molecule has 1 atom stereocenters. The molecule has 2 aliphatic rings. The molecule has 2 saturated heterocycles. The van der Waals surface area contributed by atoms with E-state index in [0.717, 1.165) is 56.9 Å². The summed E-state index contributed by atoms with van der Waals surface area (Å²) in [4.78, 5) is 6.62. The normalized spacial score (nSPS) is 20.5. The van der Waals surface area contributed by atoms with Gasteiger partial charge in [0.05, 0.1) is 18.8 Å². The quantitative estimate of drug-likeness (QED) is 0.299. The van der Waals surface area contributed by atoms with Crippen LogP contribution in [0.2, 0.25) is 0 Å². The second-order valence-electron chi connectivity index (χ2n) is 7.76. The highest BCUT2D eigenvalue weighted by Crippen LogP contribution is 2.18. The Bertz CT molecular complexity index is 667. The molecule has 1 aromatic rings. The van der Waals surface area contributed by atoms with E-state index in [2.05, 4.69) is 15.2 Å². The molecule has 9 heteroatoms. The minimum Gasteiger partial charge on any atom is -0.488 e. The van der Waals surface area contributed by atoms with Crippen LogP contribution < -0.4 is 10.1 Å². The fourth-order valence-corrected chi connectivity index (χ4v) is 3.83. The van der Waals surface area contributed by atoms with Gasteiger partial charge in [0.25, 0.3) is 6.43 Å². The molecule has 0 saturated carbocycles. The Balaban J connectivity index is 0.00000341. The number of piperidine rings is 1. The number of halogens is 3. The standard InChI is InChI=1S/C22H33F2N3O3.HI/c1-25-22(26-14-17-5-4-7-19(13-17)30-16-21(23)24)27-10-8-18(9-11-27)29-15-20-6-2-3-12-28-20;/h4-5,7,13,18,20-21H,2-3,6,8-12,14-16H2,1H3,(H,25,26);1H. The summed E-state index contributed by atoms with van der Waals surface area (Å²) in [6, 6.07) is 7.20. The maximum absolute atomic E-state index is 12.3. The van der Waals surface area contributed by atoms with Crippen LogP contribution in [-0.4, -0.2) is 69.5 Å². The molecular formula is C22H34F2IN3O3. The molecule has 0 amide bonds. The topological polar surface area (TPSA) is 55.3 Å². The predicted octanol–water partition coefficient (Wildman–Crippen LogP) is 4.07. The molecule has 176 valence electrons. The summed E-state index contributed by atoms with van der Waals surface area (Å²) in [5, 5.41) is 3.36. The van der Waals surface area contributed by atoms with Crippen LogP contribution in [0.1, 0.15) is 37.7 Å². The third kappa shape index (κ3) is 9.05. The van der Waals surface area contributed by atoms with Crippen molar-refractivity contribution in [3.63, 3.8) is 0 Å². The number of benzene rings is 1. The van der Waals surface area contributed by atoms with Crippen LogP contribution in [-0.2, 0) is 16.0 Å². The summed E-state index contributed by atoms with van der Waals surface area (Å²) in [5.74, 6) is 1.28. The molecule has 2 heterocycles. The van der Waals surface area contributed by atoms with Crippen molar-refractivity contribution in [1.29, 1.82) is 0 Å². The number of guanidine groups is 1. The van der Waals surface area contributed by atoms with Gasteiger partial charge in [0.2, 0.25) is 0 Å². The monoisotopic (exact) mass is 553 g/mol. The van der Waals surface area contributed by atoms with E-state index in [1.54, 1.807) is 25.2 Å². The first kappa shape index (κ1) is 26.1. The Morgan fingerprint density at radius 1 is 1.26 bits per heavy atom. The zero-order chi connectivity index (χ0) is 21.2. The number of alkyl halides is 2. The van der Waals surface area contributed by atoms with Gasteiger partial charge in [-0.25, -0.2) is 8.78 Å². The zero-order valence-corrected chi connectivity index (χ0v) is 20.4. The van der Waals surface area contributed by atoms with Crippen LogP contribution in [0, 0.1) is 0 Å². The lowest BCUT2D eigenvalue weighted by atomic mass is 10.1. The number of hydrogen-bond donors (Lipinski definition) is 1. The van der Waals surface area contributed by atoms with Crippen LogP contribution in [0.4, 0.5) is 8.78 Å². The van der Waals surface area contributed by atoms with Gasteiger partial charge in [-0.15, -0.1) is 24.0 Å². The van der Waals surface area contributed by atoms with Gasteiger partial charge in [-0.3, -0.25) is 4.99 Å². The number of likely N-dealkylation sites (tertiary alicyclic amines) is 1. The molecule has 3 rings (SSSR count). The second-order valence-corrected chi connectivity index (χ2v) is 7.76. The van der Waals surface area contributed by atoms with Crippen molar-refractivity contribution in [2.24, 2.45) is 4.99 Å². The van der Waals surface area contributed by atoms with Crippen molar-refractivity contribution < 1.29 is 23.0 Å². The van der Waals surface area contributed by atoms with Gasteiger partial charge in [0.15, 0.2) is 5.96 Å². The van der Waals surface area contributed by atoms with Gasteiger partial charge >= 0.3 is 0 Å². The maximum atomic E-state index is 12.3. The molecule has 0 bridgehead atoms. The van der Waals surface area contributed by atoms with E-state index < -0.39 is 13.0 Å². The number of rotatable bonds is 8. The lowest BCUT2D eigenvalue weighted by molar-refractivity contribution is -0.0721. The molecule has 1 N–H and O–H groups in total. The number of ether oxygens (including phenoxy) is 3. The van der Waals surface area contributed by atoms with Gasteiger partial charge < -0.3 is 24.4 Å². The third-order valence-corrected chi connectivity index (χ3v) is 5.47. The molecule has 2 aliphatic heterocycles. The number of nitrogens with one attached hydrogen (secondary N) is 1. The number of aliphatic imine (C=N–C) groups is 1. The summed E-state index contributed by atoms with van der Waals surface area (Å²) < 4.78 is 41.6. The average molecular weight is 553 g/mol. The van der Waals surface area contributed by atoms with Gasteiger partial charge in [-0.05, 0) is 49.8 Å².